The van der Waals surface area contributed by atoms with Gasteiger partial charge in [-0.15, -0.1) is 0 Å². The first kappa shape index (κ1) is 17.6. The number of rotatable bonds is 4. The van der Waals surface area contributed by atoms with Gasteiger partial charge in [-0.25, -0.2) is 8.42 Å². The third-order valence-corrected chi connectivity index (χ3v) is 6.00. The minimum atomic E-state index is -3.54. The van der Waals surface area contributed by atoms with Gasteiger partial charge in [0.05, 0.1) is 4.90 Å². The second-order valence-electron chi connectivity index (χ2n) is 6.01. The molecule has 1 aliphatic rings. The molecule has 8 nitrogen and oxygen atoms in total. The Hall–Kier alpha value is -2.23. The highest BCUT2D eigenvalue weighted by Crippen LogP contribution is 2.18. The predicted molar refractivity (Wildman–Crippen MR) is 91.9 cm³/mol. The van der Waals surface area contributed by atoms with Gasteiger partial charge in [-0.05, 0) is 38.2 Å². The minimum Gasteiger partial charge on any atom is -0.360 e. The molecule has 1 amide bonds. The van der Waals surface area contributed by atoms with Gasteiger partial charge in [0, 0.05) is 37.8 Å². The second kappa shape index (κ2) is 6.95. The van der Waals surface area contributed by atoms with Crippen molar-refractivity contribution in [1.29, 1.82) is 0 Å². The lowest BCUT2D eigenvalue weighted by Gasteiger charge is -2.31. The van der Waals surface area contributed by atoms with E-state index in [1.54, 1.807) is 13.0 Å². The number of nitrogens with one attached hydrogen (secondary N) is 1. The number of aromatic nitrogens is 1. The molecule has 2 aromatic rings. The largest absolute Gasteiger partial charge is 0.360 e. The summed E-state index contributed by atoms with van der Waals surface area (Å²) in [6, 6.07) is 7.49. The first-order valence-electron chi connectivity index (χ1n) is 7.90. The molecule has 1 aromatic heterocycles. The molecule has 0 bridgehead atoms. The van der Waals surface area contributed by atoms with Crippen molar-refractivity contribution in [2.24, 2.45) is 0 Å². The van der Waals surface area contributed by atoms with Crippen molar-refractivity contribution in [2.75, 3.05) is 38.5 Å². The number of carbonyl (C=O) groups is 1. The highest BCUT2D eigenvalue weighted by atomic mass is 32.2. The molecule has 25 heavy (non-hydrogen) atoms. The van der Waals surface area contributed by atoms with Gasteiger partial charge in [0.25, 0.3) is 5.91 Å². The summed E-state index contributed by atoms with van der Waals surface area (Å²) in [6.45, 7) is 4.06. The number of carbonyl (C=O) groups excluding carboxylic acids is 1. The summed E-state index contributed by atoms with van der Waals surface area (Å²) in [7, 11) is -1.57. The Morgan fingerprint density at radius 2 is 1.80 bits per heavy atom. The van der Waals surface area contributed by atoms with Crippen molar-refractivity contribution < 1.29 is 17.7 Å². The molecule has 1 aliphatic heterocycles. The van der Waals surface area contributed by atoms with E-state index in [1.165, 1.54) is 28.6 Å². The van der Waals surface area contributed by atoms with Gasteiger partial charge in [0.15, 0.2) is 5.82 Å². The van der Waals surface area contributed by atoms with E-state index in [9.17, 15) is 13.2 Å². The average Bonchev–Trinajstić information content (AvgIpc) is 3.00. The monoisotopic (exact) mass is 364 g/mol. The van der Waals surface area contributed by atoms with Crippen molar-refractivity contribution >= 4 is 21.7 Å². The molecule has 1 fully saturated rings. The molecule has 0 unspecified atom stereocenters. The molecule has 2 heterocycles. The van der Waals surface area contributed by atoms with Crippen molar-refractivity contribution in [3.63, 3.8) is 0 Å². The summed E-state index contributed by atoms with van der Waals surface area (Å²) >= 11 is 0. The number of anilines is 1. The van der Waals surface area contributed by atoms with Gasteiger partial charge in [-0.3, -0.25) is 4.79 Å². The Morgan fingerprint density at radius 1 is 1.16 bits per heavy atom. The van der Waals surface area contributed by atoms with E-state index < -0.39 is 10.0 Å². The van der Waals surface area contributed by atoms with Crippen molar-refractivity contribution in [3.8, 4) is 0 Å². The summed E-state index contributed by atoms with van der Waals surface area (Å²) in [5.74, 6) is 0.525. The lowest BCUT2D eigenvalue weighted by molar-refractivity contribution is 0.102. The molecule has 1 N–H and O–H groups in total. The minimum absolute atomic E-state index is 0.186. The highest BCUT2D eigenvalue weighted by Gasteiger charge is 2.27. The standard InChI is InChI=1S/C16H20N4O4S/c1-12-11-15(18-24-12)17-16(21)13-3-5-14(6-4-13)25(22,23)20-9-7-19(2)8-10-20/h3-6,11H,7-10H2,1-2H3,(H,17,18,21). The predicted octanol–water partition coefficient (Wildman–Crippen LogP) is 1.17. The van der Waals surface area contributed by atoms with E-state index in [2.05, 4.69) is 15.4 Å². The number of piperazine rings is 1. The van der Waals surface area contributed by atoms with E-state index in [1.807, 2.05) is 7.05 Å². The third kappa shape index (κ3) is 3.89. The maximum Gasteiger partial charge on any atom is 0.256 e. The molecule has 9 heteroatoms. The zero-order valence-electron chi connectivity index (χ0n) is 14.1. The Bertz CT molecular complexity index is 853. The van der Waals surface area contributed by atoms with Gasteiger partial charge in [-0.2, -0.15) is 4.31 Å². The number of benzene rings is 1. The molecule has 1 aromatic carbocycles. The molecule has 0 radical (unpaired) electrons. The fourth-order valence-electron chi connectivity index (χ4n) is 2.57. The van der Waals surface area contributed by atoms with Crippen LogP contribution in [0.3, 0.4) is 0 Å². The number of hydrogen-bond acceptors (Lipinski definition) is 6. The average molecular weight is 364 g/mol. The molecule has 0 atom stereocenters. The second-order valence-corrected chi connectivity index (χ2v) is 7.95. The van der Waals surface area contributed by atoms with Crippen molar-refractivity contribution in [1.82, 2.24) is 14.4 Å². The van der Waals surface area contributed by atoms with E-state index in [0.29, 0.717) is 43.3 Å². The number of likely N-dealkylation sites (N-methyl/N-ethyl adjacent to an activating group) is 1. The normalized spacial score (nSPS) is 16.7. The molecule has 0 aliphatic carbocycles. The molecule has 3 rings (SSSR count). The number of amides is 1. The van der Waals surface area contributed by atoms with Crippen molar-refractivity contribution in [2.45, 2.75) is 11.8 Å². The van der Waals surface area contributed by atoms with Crippen LogP contribution in [0.2, 0.25) is 0 Å². The zero-order chi connectivity index (χ0) is 18.0. The summed E-state index contributed by atoms with van der Waals surface area (Å²) in [4.78, 5) is 14.4. The number of hydrogen-bond donors (Lipinski definition) is 1. The van der Waals surface area contributed by atoms with Gasteiger partial charge < -0.3 is 14.7 Å². The third-order valence-electron chi connectivity index (χ3n) is 4.09. The van der Waals surface area contributed by atoms with Crippen LogP contribution in [0.15, 0.2) is 39.8 Å². The van der Waals surface area contributed by atoms with Crippen LogP contribution in [-0.4, -0.2) is 61.9 Å². The van der Waals surface area contributed by atoms with E-state index in [-0.39, 0.29) is 10.8 Å². The van der Waals surface area contributed by atoms with E-state index >= 15 is 0 Å². The molecule has 134 valence electrons. The van der Waals surface area contributed by atoms with Gasteiger partial charge in [0.1, 0.15) is 5.76 Å². The maximum atomic E-state index is 12.7. The van der Waals surface area contributed by atoms with Crippen LogP contribution in [0.5, 0.6) is 0 Å². The lowest BCUT2D eigenvalue weighted by atomic mass is 10.2. The number of aryl methyl sites for hydroxylation is 1. The zero-order valence-corrected chi connectivity index (χ0v) is 14.9. The Morgan fingerprint density at radius 3 is 2.36 bits per heavy atom. The van der Waals surface area contributed by atoms with Crippen LogP contribution in [0.4, 0.5) is 5.82 Å². The maximum absolute atomic E-state index is 12.7. The van der Waals surface area contributed by atoms with Crippen LogP contribution in [0.1, 0.15) is 16.1 Å². The smallest absolute Gasteiger partial charge is 0.256 e. The van der Waals surface area contributed by atoms with Crippen LogP contribution < -0.4 is 5.32 Å². The first-order chi connectivity index (χ1) is 11.9. The van der Waals surface area contributed by atoms with E-state index in [4.69, 9.17) is 4.52 Å². The fourth-order valence-corrected chi connectivity index (χ4v) is 3.99. The topological polar surface area (TPSA) is 95.8 Å². The molecule has 0 saturated carbocycles. The van der Waals surface area contributed by atoms with Gasteiger partial charge in [0.2, 0.25) is 10.0 Å². The Kier molecular flexibility index (Phi) is 4.89. The molecular formula is C16H20N4O4S. The fraction of sp³-hybridized carbons (Fsp3) is 0.375. The highest BCUT2D eigenvalue weighted by molar-refractivity contribution is 7.89. The quantitative estimate of drug-likeness (QED) is 0.875. The molecule has 0 spiro atoms. The molecular weight excluding hydrogens is 344 g/mol. The summed E-state index contributed by atoms with van der Waals surface area (Å²) in [5.41, 5.74) is 0.345. The summed E-state index contributed by atoms with van der Waals surface area (Å²) in [5, 5.41) is 6.29. The van der Waals surface area contributed by atoms with Crippen LogP contribution in [-0.2, 0) is 10.0 Å². The van der Waals surface area contributed by atoms with Gasteiger partial charge >= 0.3 is 0 Å². The Balaban J connectivity index is 1.72. The van der Waals surface area contributed by atoms with Gasteiger partial charge in [-0.1, -0.05) is 5.16 Å². The van der Waals surface area contributed by atoms with Crippen LogP contribution in [0.25, 0.3) is 0 Å². The summed E-state index contributed by atoms with van der Waals surface area (Å²) < 4.78 is 31.7. The van der Waals surface area contributed by atoms with Crippen LogP contribution >= 0.6 is 0 Å². The first-order valence-corrected chi connectivity index (χ1v) is 9.34. The number of sulfonamides is 1. The lowest BCUT2D eigenvalue weighted by Crippen LogP contribution is -2.47. The summed E-state index contributed by atoms with van der Waals surface area (Å²) in [6.07, 6.45) is 0. The Labute approximate surface area is 146 Å². The number of nitrogens with zero attached hydrogens (tertiary/aromatic N) is 3. The SMILES string of the molecule is Cc1cc(NC(=O)c2ccc(S(=O)(=O)N3CCN(C)CC3)cc2)no1. The molecule has 1 saturated heterocycles. The van der Waals surface area contributed by atoms with E-state index in [0.717, 1.165) is 0 Å². The van der Waals surface area contributed by atoms with Crippen molar-refractivity contribution in [3.05, 3.63) is 41.7 Å². The van der Waals surface area contributed by atoms with Crippen LogP contribution in [0, 0.1) is 6.92 Å².